The highest BCUT2D eigenvalue weighted by atomic mass is 16.5. The number of nitrogens with zero attached hydrogens (tertiary/aromatic N) is 2. The Labute approximate surface area is 218 Å². The summed E-state index contributed by atoms with van der Waals surface area (Å²) >= 11 is 0. The average molecular weight is 505 g/mol. The Balaban J connectivity index is 1.86. The molecule has 8 nitrogen and oxygen atoms in total. The van der Waals surface area contributed by atoms with Crippen LogP contribution in [0, 0.1) is 23.2 Å². The van der Waals surface area contributed by atoms with E-state index in [2.05, 4.69) is 11.4 Å². The molecule has 0 bridgehead atoms. The minimum atomic E-state index is -0.912. The molecule has 3 amide bonds. The van der Waals surface area contributed by atoms with Gasteiger partial charge in [0, 0.05) is 30.6 Å². The second kappa shape index (κ2) is 14.1. The number of amides is 3. The molecule has 8 heteroatoms. The molecule has 1 aliphatic rings. The molecule has 1 saturated carbocycles. The van der Waals surface area contributed by atoms with Crippen molar-refractivity contribution in [1.82, 2.24) is 0 Å². The molecule has 3 rings (SSSR count). The first-order chi connectivity index (χ1) is 17.9. The topological polar surface area (TPSA) is 126 Å². The van der Waals surface area contributed by atoms with E-state index in [1.165, 1.54) is 18.2 Å². The van der Waals surface area contributed by atoms with Crippen molar-refractivity contribution < 1.29 is 19.1 Å². The highest BCUT2D eigenvalue weighted by Crippen LogP contribution is 2.32. The van der Waals surface area contributed by atoms with Crippen molar-refractivity contribution in [3.8, 4) is 6.07 Å². The van der Waals surface area contributed by atoms with E-state index in [9.17, 15) is 19.6 Å². The van der Waals surface area contributed by atoms with Gasteiger partial charge in [-0.25, -0.2) is 0 Å². The molecule has 3 N–H and O–H groups in total. The molecular weight excluding hydrogens is 468 g/mol. The molecule has 0 saturated heterocycles. The van der Waals surface area contributed by atoms with E-state index < -0.39 is 17.9 Å². The number of nitrogens with two attached hydrogens (primary N) is 1. The van der Waals surface area contributed by atoms with Crippen molar-refractivity contribution >= 4 is 29.1 Å². The minimum Gasteiger partial charge on any atom is -0.373 e. The molecule has 37 heavy (non-hydrogen) atoms. The van der Waals surface area contributed by atoms with Gasteiger partial charge in [0.05, 0.1) is 19.3 Å². The van der Waals surface area contributed by atoms with Crippen LogP contribution in [0.5, 0.6) is 0 Å². The van der Waals surface area contributed by atoms with Crippen molar-refractivity contribution in [2.24, 2.45) is 17.6 Å². The first-order valence-electron chi connectivity index (χ1n) is 12.9. The maximum atomic E-state index is 14.0. The van der Waals surface area contributed by atoms with Gasteiger partial charge in [-0.2, -0.15) is 5.26 Å². The largest absolute Gasteiger partial charge is 0.373 e. The Bertz CT molecular complexity index is 1080. The number of carbonyl (C=O) groups is 3. The van der Waals surface area contributed by atoms with Gasteiger partial charge in [-0.1, -0.05) is 62.4 Å². The lowest BCUT2D eigenvalue weighted by molar-refractivity contribution is -0.128. The number of rotatable bonds is 12. The van der Waals surface area contributed by atoms with Crippen LogP contribution < -0.4 is 16.0 Å². The molecule has 1 fully saturated rings. The molecule has 2 aromatic rings. The zero-order valence-electron chi connectivity index (χ0n) is 21.4. The zero-order valence-corrected chi connectivity index (χ0v) is 21.4. The van der Waals surface area contributed by atoms with Crippen molar-refractivity contribution in [3.63, 3.8) is 0 Å². The summed E-state index contributed by atoms with van der Waals surface area (Å²) < 4.78 is 5.85. The first-order valence-corrected chi connectivity index (χ1v) is 12.9. The predicted molar refractivity (Wildman–Crippen MR) is 142 cm³/mol. The van der Waals surface area contributed by atoms with E-state index in [1.54, 1.807) is 24.3 Å². The van der Waals surface area contributed by atoms with Crippen LogP contribution >= 0.6 is 0 Å². The van der Waals surface area contributed by atoms with Crippen molar-refractivity contribution in [2.75, 3.05) is 16.8 Å². The van der Waals surface area contributed by atoms with E-state index >= 15 is 0 Å². The Morgan fingerprint density at radius 1 is 1.08 bits per heavy atom. The van der Waals surface area contributed by atoms with Crippen LogP contribution in [0.25, 0.3) is 0 Å². The monoisotopic (exact) mass is 504 g/mol. The van der Waals surface area contributed by atoms with Gasteiger partial charge >= 0.3 is 0 Å². The second-order valence-corrected chi connectivity index (χ2v) is 9.69. The van der Waals surface area contributed by atoms with Gasteiger partial charge in [-0.15, -0.1) is 0 Å². The number of nitrogens with one attached hydrogen (secondary N) is 1. The van der Waals surface area contributed by atoms with Crippen LogP contribution in [0.1, 0.15) is 57.4 Å². The summed E-state index contributed by atoms with van der Waals surface area (Å²) in [7, 11) is 0. The van der Waals surface area contributed by atoms with E-state index in [4.69, 9.17) is 10.5 Å². The summed E-state index contributed by atoms with van der Waals surface area (Å²) in [6.45, 7) is 1.71. The molecule has 1 aliphatic carbocycles. The highest BCUT2D eigenvalue weighted by Gasteiger charge is 2.34. The normalized spacial score (nSPS) is 15.2. The van der Waals surface area contributed by atoms with Crippen LogP contribution in [0.4, 0.5) is 11.4 Å². The van der Waals surface area contributed by atoms with Crippen molar-refractivity contribution in [2.45, 2.75) is 64.5 Å². The maximum absolute atomic E-state index is 14.0. The quantitative estimate of drug-likeness (QED) is 0.439. The smallest absolute Gasteiger partial charge is 0.231 e. The SMILES string of the molecule is CC(=O)Nc1ccc(N(C(=O)C(CC(N)=O)CC2CCCCC2)C(C#N)COCc2ccccc2)cc1. The fraction of sp³-hybridized carbons (Fsp3) is 0.448. The molecule has 196 valence electrons. The highest BCUT2D eigenvalue weighted by molar-refractivity contribution is 5.98. The summed E-state index contributed by atoms with van der Waals surface area (Å²) in [5, 5.41) is 12.8. The minimum absolute atomic E-state index is 0.00268. The number of anilines is 2. The van der Waals surface area contributed by atoms with Gasteiger partial charge in [-0.05, 0) is 42.2 Å². The number of hydrogen-bond acceptors (Lipinski definition) is 5. The number of primary amides is 1. The van der Waals surface area contributed by atoms with Gasteiger partial charge < -0.3 is 15.8 Å². The number of hydrogen-bond donors (Lipinski definition) is 2. The van der Waals surface area contributed by atoms with Crippen LogP contribution in [-0.2, 0) is 25.7 Å². The molecule has 0 heterocycles. The standard InChI is InChI=1S/C29H36N4O4/c1-21(34)32-25-12-14-26(15-13-25)33(27(18-30)20-37-19-23-10-6-3-7-11-23)29(36)24(17-28(31)35)16-22-8-4-2-5-9-22/h3,6-7,10-15,22,24,27H,2,4-5,8-9,16-17,19-20H2,1H3,(H2,31,35)(H,32,34). The lowest BCUT2D eigenvalue weighted by Gasteiger charge is -2.33. The van der Waals surface area contributed by atoms with E-state index in [-0.39, 0.29) is 24.8 Å². The summed E-state index contributed by atoms with van der Waals surface area (Å²) in [6.07, 6.45) is 5.96. The van der Waals surface area contributed by atoms with Gasteiger partial charge in [0.15, 0.2) is 0 Å². The van der Waals surface area contributed by atoms with E-state index in [1.807, 2.05) is 30.3 Å². The molecule has 0 radical (unpaired) electrons. The Kier molecular flexibility index (Phi) is 10.7. The third-order valence-electron chi connectivity index (χ3n) is 6.69. The van der Waals surface area contributed by atoms with E-state index in [0.29, 0.717) is 30.3 Å². The number of ether oxygens (including phenoxy) is 1. The zero-order chi connectivity index (χ0) is 26.6. The molecule has 0 aliphatic heterocycles. The van der Waals surface area contributed by atoms with Crippen LogP contribution in [0.15, 0.2) is 54.6 Å². The predicted octanol–water partition coefficient (Wildman–Crippen LogP) is 4.55. The first kappa shape index (κ1) is 27.9. The fourth-order valence-electron chi connectivity index (χ4n) is 4.94. The van der Waals surface area contributed by atoms with Gasteiger partial charge in [0.25, 0.3) is 0 Å². The Hall–Kier alpha value is -3.70. The molecule has 0 aromatic heterocycles. The molecule has 0 spiro atoms. The number of nitriles is 1. The molecular formula is C29H36N4O4. The van der Waals surface area contributed by atoms with E-state index in [0.717, 1.165) is 31.2 Å². The van der Waals surface area contributed by atoms with Crippen LogP contribution in [0.2, 0.25) is 0 Å². The lowest BCUT2D eigenvalue weighted by atomic mass is 9.81. The summed E-state index contributed by atoms with van der Waals surface area (Å²) in [6, 6.07) is 17.6. The van der Waals surface area contributed by atoms with Crippen LogP contribution in [0.3, 0.4) is 0 Å². The molecule has 2 unspecified atom stereocenters. The van der Waals surface area contributed by atoms with Gasteiger partial charge in [0.2, 0.25) is 17.7 Å². The number of carbonyl (C=O) groups excluding carboxylic acids is 3. The molecule has 2 atom stereocenters. The number of benzene rings is 2. The Morgan fingerprint density at radius 3 is 2.35 bits per heavy atom. The van der Waals surface area contributed by atoms with Gasteiger partial charge in [0.1, 0.15) is 6.04 Å². The summed E-state index contributed by atoms with van der Waals surface area (Å²) in [5.41, 5.74) is 7.58. The molecule has 2 aromatic carbocycles. The summed E-state index contributed by atoms with van der Waals surface area (Å²) in [5.74, 6) is -1.34. The van der Waals surface area contributed by atoms with Crippen molar-refractivity contribution in [3.05, 3.63) is 60.2 Å². The maximum Gasteiger partial charge on any atom is 0.231 e. The fourth-order valence-corrected chi connectivity index (χ4v) is 4.94. The summed E-state index contributed by atoms with van der Waals surface area (Å²) in [4.78, 5) is 38.8. The Morgan fingerprint density at radius 2 is 1.76 bits per heavy atom. The van der Waals surface area contributed by atoms with Gasteiger partial charge in [-0.3, -0.25) is 19.3 Å². The van der Waals surface area contributed by atoms with Crippen LogP contribution in [-0.4, -0.2) is 30.4 Å². The third-order valence-corrected chi connectivity index (χ3v) is 6.69. The third kappa shape index (κ3) is 8.72. The van der Waals surface area contributed by atoms with Crippen molar-refractivity contribution in [1.29, 1.82) is 5.26 Å². The lowest BCUT2D eigenvalue weighted by Crippen LogP contribution is -2.46. The average Bonchev–Trinajstić information content (AvgIpc) is 2.89. The second-order valence-electron chi connectivity index (χ2n) is 9.69.